The molecule has 1 spiro atoms. The second-order valence-electron chi connectivity index (χ2n) is 7.50. The molecule has 6 heteroatoms. The van der Waals surface area contributed by atoms with Crippen LogP contribution in [0.2, 0.25) is 0 Å². The van der Waals surface area contributed by atoms with Crippen LogP contribution in [0.3, 0.4) is 0 Å². The lowest BCUT2D eigenvalue weighted by molar-refractivity contribution is -0.00902. The van der Waals surface area contributed by atoms with Gasteiger partial charge in [-0.25, -0.2) is 4.98 Å². The molecule has 2 aromatic rings. The molecule has 1 aliphatic carbocycles. The Hall–Kier alpha value is -1.66. The summed E-state index contributed by atoms with van der Waals surface area (Å²) in [4.78, 5) is 16.9. The first-order valence-electron chi connectivity index (χ1n) is 9.32. The third kappa shape index (κ3) is 3.86. The number of nitrogens with zero attached hydrogens (tertiary/aromatic N) is 2. The van der Waals surface area contributed by atoms with E-state index in [1.54, 1.807) is 12.5 Å². The number of amides is 1. The SMILES string of the molecule is O=C(NC1CCC2(CCOCC2)CC1)c1cn(-c2ccc(Br)cc2)cn1. The summed E-state index contributed by atoms with van der Waals surface area (Å²) in [5, 5.41) is 3.18. The minimum Gasteiger partial charge on any atom is -0.381 e. The van der Waals surface area contributed by atoms with E-state index in [-0.39, 0.29) is 11.9 Å². The number of benzene rings is 1. The van der Waals surface area contributed by atoms with E-state index in [1.165, 1.54) is 25.7 Å². The fraction of sp³-hybridized carbons (Fsp3) is 0.500. The Balaban J connectivity index is 1.35. The molecule has 2 aliphatic rings. The normalized spacial score (nSPS) is 20.2. The van der Waals surface area contributed by atoms with E-state index in [9.17, 15) is 4.79 Å². The number of carbonyl (C=O) groups excluding carboxylic acids is 1. The second-order valence-corrected chi connectivity index (χ2v) is 8.42. The highest BCUT2D eigenvalue weighted by Gasteiger charge is 2.37. The minimum atomic E-state index is -0.0752. The van der Waals surface area contributed by atoms with Gasteiger partial charge in [0.25, 0.3) is 5.91 Å². The molecular weight excluding hydrogens is 394 g/mol. The quantitative estimate of drug-likeness (QED) is 0.817. The van der Waals surface area contributed by atoms with Crippen LogP contribution < -0.4 is 5.32 Å². The van der Waals surface area contributed by atoms with Crippen LogP contribution in [0.15, 0.2) is 41.3 Å². The van der Waals surface area contributed by atoms with Crippen molar-refractivity contribution in [3.63, 3.8) is 0 Å². The molecule has 5 nitrogen and oxygen atoms in total. The lowest BCUT2D eigenvalue weighted by Gasteiger charge is -2.42. The maximum absolute atomic E-state index is 12.6. The van der Waals surface area contributed by atoms with Gasteiger partial charge < -0.3 is 14.6 Å². The minimum absolute atomic E-state index is 0.0752. The Labute approximate surface area is 162 Å². The molecule has 1 N–H and O–H groups in total. The zero-order valence-electron chi connectivity index (χ0n) is 14.8. The summed E-state index contributed by atoms with van der Waals surface area (Å²) in [7, 11) is 0. The van der Waals surface area contributed by atoms with E-state index < -0.39 is 0 Å². The van der Waals surface area contributed by atoms with E-state index in [4.69, 9.17) is 4.74 Å². The average molecular weight is 418 g/mol. The molecule has 0 unspecified atom stereocenters. The number of halogens is 1. The topological polar surface area (TPSA) is 56.1 Å². The van der Waals surface area contributed by atoms with Crippen LogP contribution in [0, 0.1) is 5.41 Å². The number of carbonyl (C=O) groups is 1. The Morgan fingerprint density at radius 2 is 1.85 bits per heavy atom. The molecular formula is C20H24BrN3O2. The van der Waals surface area contributed by atoms with Crippen LogP contribution >= 0.6 is 15.9 Å². The molecule has 0 bridgehead atoms. The predicted molar refractivity (Wildman–Crippen MR) is 103 cm³/mol. The lowest BCUT2D eigenvalue weighted by atomic mass is 9.68. The van der Waals surface area contributed by atoms with Crippen LogP contribution in [0.4, 0.5) is 0 Å². The number of ether oxygens (including phenoxy) is 1. The van der Waals surface area contributed by atoms with E-state index in [0.29, 0.717) is 11.1 Å². The molecule has 1 aliphatic heterocycles. The summed E-state index contributed by atoms with van der Waals surface area (Å²) < 4.78 is 8.41. The van der Waals surface area contributed by atoms with Gasteiger partial charge in [-0.15, -0.1) is 0 Å². The number of hydrogen-bond donors (Lipinski definition) is 1. The lowest BCUT2D eigenvalue weighted by Crippen LogP contribution is -2.42. The molecule has 0 radical (unpaired) electrons. The van der Waals surface area contributed by atoms with Gasteiger partial charge in [0.15, 0.2) is 0 Å². The number of hydrogen-bond acceptors (Lipinski definition) is 3. The Kier molecular flexibility index (Phi) is 5.14. The van der Waals surface area contributed by atoms with Gasteiger partial charge in [-0.05, 0) is 68.2 Å². The van der Waals surface area contributed by atoms with Crippen molar-refractivity contribution in [2.24, 2.45) is 5.41 Å². The van der Waals surface area contributed by atoms with Gasteiger partial charge in [-0.1, -0.05) is 15.9 Å². The van der Waals surface area contributed by atoms with Crippen molar-refractivity contribution in [2.45, 2.75) is 44.6 Å². The van der Waals surface area contributed by atoms with Crippen LogP contribution in [0.5, 0.6) is 0 Å². The smallest absolute Gasteiger partial charge is 0.271 e. The number of nitrogens with one attached hydrogen (secondary N) is 1. The molecule has 26 heavy (non-hydrogen) atoms. The third-order valence-corrected chi connectivity index (χ3v) is 6.40. The molecule has 1 saturated carbocycles. The highest BCUT2D eigenvalue weighted by Crippen LogP contribution is 2.44. The zero-order chi connectivity index (χ0) is 18.0. The van der Waals surface area contributed by atoms with Crippen LogP contribution in [0.25, 0.3) is 5.69 Å². The van der Waals surface area contributed by atoms with Crippen molar-refractivity contribution in [3.05, 3.63) is 47.0 Å². The fourth-order valence-electron chi connectivity index (χ4n) is 4.13. The van der Waals surface area contributed by atoms with Gasteiger partial charge in [0.05, 0.1) is 0 Å². The first-order chi connectivity index (χ1) is 12.6. The van der Waals surface area contributed by atoms with Crippen LogP contribution in [-0.4, -0.2) is 34.7 Å². The van der Waals surface area contributed by atoms with E-state index >= 15 is 0 Å². The van der Waals surface area contributed by atoms with E-state index in [0.717, 1.165) is 36.2 Å². The predicted octanol–water partition coefficient (Wildman–Crippen LogP) is 4.10. The fourth-order valence-corrected chi connectivity index (χ4v) is 4.40. The molecule has 1 saturated heterocycles. The first kappa shape index (κ1) is 17.7. The van der Waals surface area contributed by atoms with Crippen molar-refractivity contribution in [3.8, 4) is 5.69 Å². The van der Waals surface area contributed by atoms with Gasteiger partial charge >= 0.3 is 0 Å². The Morgan fingerprint density at radius 3 is 2.54 bits per heavy atom. The van der Waals surface area contributed by atoms with E-state index in [1.807, 2.05) is 28.8 Å². The van der Waals surface area contributed by atoms with E-state index in [2.05, 4.69) is 26.2 Å². The highest BCUT2D eigenvalue weighted by molar-refractivity contribution is 9.10. The summed E-state index contributed by atoms with van der Waals surface area (Å²) in [6.45, 7) is 1.79. The standard InChI is InChI=1S/C20H24BrN3O2/c21-15-1-3-17(4-2-15)24-13-18(22-14-24)19(25)23-16-5-7-20(8-6-16)9-11-26-12-10-20/h1-4,13-14,16H,5-12H2,(H,23,25). The van der Waals surface area contributed by atoms with Crippen LogP contribution in [0.1, 0.15) is 49.0 Å². The Bertz CT molecular complexity index is 756. The monoisotopic (exact) mass is 417 g/mol. The van der Waals surface area contributed by atoms with Crippen molar-refractivity contribution in [2.75, 3.05) is 13.2 Å². The van der Waals surface area contributed by atoms with Crippen molar-refractivity contribution in [1.29, 1.82) is 0 Å². The number of aromatic nitrogens is 2. The Morgan fingerprint density at radius 1 is 1.15 bits per heavy atom. The maximum atomic E-state index is 12.6. The summed E-state index contributed by atoms with van der Waals surface area (Å²) >= 11 is 3.43. The zero-order valence-corrected chi connectivity index (χ0v) is 16.4. The van der Waals surface area contributed by atoms with Gasteiger partial charge in [-0.2, -0.15) is 0 Å². The molecule has 1 aromatic heterocycles. The average Bonchev–Trinajstić information content (AvgIpc) is 3.15. The van der Waals surface area contributed by atoms with Gasteiger partial charge in [0, 0.05) is 35.6 Å². The van der Waals surface area contributed by atoms with Crippen molar-refractivity contribution < 1.29 is 9.53 Å². The highest BCUT2D eigenvalue weighted by atomic mass is 79.9. The number of rotatable bonds is 3. The van der Waals surface area contributed by atoms with Crippen molar-refractivity contribution >= 4 is 21.8 Å². The van der Waals surface area contributed by atoms with Gasteiger partial charge in [0.2, 0.25) is 0 Å². The third-order valence-electron chi connectivity index (χ3n) is 5.87. The molecule has 138 valence electrons. The first-order valence-corrected chi connectivity index (χ1v) is 10.1. The molecule has 0 atom stereocenters. The maximum Gasteiger partial charge on any atom is 0.271 e. The molecule has 2 fully saturated rings. The molecule has 2 heterocycles. The summed E-state index contributed by atoms with van der Waals surface area (Å²) in [6, 6.07) is 8.19. The largest absolute Gasteiger partial charge is 0.381 e. The van der Waals surface area contributed by atoms with Crippen molar-refractivity contribution in [1.82, 2.24) is 14.9 Å². The summed E-state index contributed by atoms with van der Waals surface area (Å²) in [5.74, 6) is -0.0752. The van der Waals surface area contributed by atoms with Crippen LogP contribution in [-0.2, 0) is 4.74 Å². The number of imidazole rings is 1. The van der Waals surface area contributed by atoms with Gasteiger partial charge in [-0.3, -0.25) is 4.79 Å². The molecule has 1 aromatic carbocycles. The summed E-state index contributed by atoms with van der Waals surface area (Å²) in [5.41, 5.74) is 1.92. The summed E-state index contributed by atoms with van der Waals surface area (Å²) in [6.07, 6.45) is 10.3. The molecule has 1 amide bonds. The second kappa shape index (κ2) is 7.53. The van der Waals surface area contributed by atoms with Gasteiger partial charge in [0.1, 0.15) is 12.0 Å². The molecule has 4 rings (SSSR count).